The molecule has 3 aromatic carbocycles. The molecule has 0 aliphatic rings. The summed E-state index contributed by atoms with van der Waals surface area (Å²) in [6.07, 6.45) is -0.177. The molecule has 0 spiro atoms. The van der Waals surface area contributed by atoms with Crippen LogP contribution >= 0.6 is 0 Å². The predicted octanol–water partition coefficient (Wildman–Crippen LogP) is 4.22. The molecule has 0 unspecified atom stereocenters. The molecule has 0 saturated carbocycles. The van der Waals surface area contributed by atoms with E-state index in [1.807, 2.05) is 0 Å². The fourth-order valence-corrected chi connectivity index (χ4v) is 2.78. The second-order valence-corrected chi connectivity index (χ2v) is 6.19. The van der Waals surface area contributed by atoms with Crippen molar-refractivity contribution < 1.29 is 28.2 Å². The SMILES string of the molecule is COc1ccc(OC(=O)Cc2ccc(F)cc2C(=O)c2ccc(OC)cc2)cc1. The molecule has 3 aromatic rings. The molecular formula is C23H19FO5. The van der Waals surface area contributed by atoms with E-state index in [1.54, 1.807) is 48.5 Å². The van der Waals surface area contributed by atoms with Gasteiger partial charge >= 0.3 is 5.97 Å². The monoisotopic (exact) mass is 394 g/mol. The van der Waals surface area contributed by atoms with Gasteiger partial charge in [0.25, 0.3) is 0 Å². The summed E-state index contributed by atoms with van der Waals surface area (Å²) in [6.45, 7) is 0. The molecule has 3 rings (SSSR count). The lowest BCUT2D eigenvalue weighted by atomic mass is 9.96. The zero-order valence-corrected chi connectivity index (χ0v) is 16.0. The van der Waals surface area contributed by atoms with Crippen molar-refractivity contribution in [3.63, 3.8) is 0 Å². The van der Waals surface area contributed by atoms with Gasteiger partial charge in [0.15, 0.2) is 5.78 Å². The molecule has 6 heteroatoms. The third kappa shape index (κ3) is 4.99. The van der Waals surface area contributed by atoms with Gasteiger partial charge in [0.1, 0.15) is 23.1 Å². The van der Waals surface area contributed by atoms with Crippen LogP contribution in [0.3, 0.4) is 0 Å². The van der Waals surface area contributed by atoms with E-state index in [2.05, 4.69) is 0 Å². The van der Waals surface area contributed by atoms with Crippen LogP contribution < -0.4 is 14.2 Å². The Morgan fingerprint density at radius 3 is 1.93 bits per heavy atom. The van der Waals surface area contributed by atoms with E-state index in [0.717, 1.165) is 6.07 Å². The summed E-state index contributed by atoms with van der Waals surface area (Å²) in [7, 11) is 3.06. The molecule has 29 heavy (non-hydrogen) atoms. The maximum absolute atomic E-state index is 13.8. The largest absolute Gasteiger partial charge is 0.497 e. The molecule has 0 aromatic heterocycles. The molecule has 0 saturated heterocycles. The van der Waals surface area contributed by atoms with E-state index in [-0.39, 0.29) is 17.8 Å². The third-order valence-electron chi connectivity index (χ3n) is 4.29. The summed E-state index contributed by atoms with van der Waals surface area (Å²) < 4.78 is 29.2. The summed E-state index contributed by atoms with van der Waals surface area (Å²) in [6, 6.07) is 16.8. The average molecular weight is 394 g/mol. The number of carbonyl (C=O) groups excluding carboxylic acids is 2. The highest BCUT2D eigenvalue weighted by Crippen LogP contribution is 2.21. The van der Waals surface area contributed by atoms with Crippen LogP contribution in [0.15, 0.2) is 66.7 Å². The van der Waals surface area contributed by atoms with Crippen molar-refractivity contribution in [3.8, 4) is 17.2 Å². The zero-order chi connectivity index (χ0) is 20.8. The Labute approximate surface area is 167 Å². The second kappa shape index (κ2) is 9.01. The second-order valence-electron chi connectivity index (χ2n) is 6.19. The number of hydrogen-bond acceptors (Lipinski definition) is 5. The van der Waals surface area contributed by atoms with E-state index in [4.69, 9.17) is 14.2 Å². The highest BCUT2D eigenvalue weighted by molar-refractivity contribution is 6.10. The fraction of sp³-hybridized carbons (Fsp3) is 0.130. The first-order valence-electron chi connectivity index (χ1n) is 8.82. The lowest BCUT2D eigenvalue weighted by Crippen LogP contribution is -2.15. The normalized spacial score (nSPS) is 10.3. The number of halogens is 1. The lowest BCUT2D eigenvalue weighted by Gasteiger charge is -2.10. The van der Waals surface area contributed by atoms with E-state index in [9.17, 15) is 14.0 Å². The molecule has 0 bridgehead atoms. The van der Waals surface area contributed by atoms with Gasteiger partial charge < -0.3 is 14.2 Å². The zero-order valence-electron chi connectivity index (χ0n) is 16.0. The van der Waals surface area contributed by atoms with E-state index in [0.29, 0.717) is 28.4 Å². The number of rotatable bonds is 7. The first kappa shape index (κ1) is 20.1. The minimum atomic E-state index is -0.564. The Morgan fingerprint density at radius 2 is 1.34 bits per heavy atom. The summed E-state index contributed by atoms with van der Waals surface area (Å²) in [5.41, 5.74) is 0.855. The minimum Gasteiger partial charge on any atom is -0.497 e. The third-order valence-corrected chi connectivity index (χ3v) is 4.29. The van der Waals surface area contributed by atoms with Crippen LogP contribution in [0.4, 0.5) is 4.39 Å². The molecule has 0 heterocycles. The number of methoxy groups -OCH3 is 2. The van der Waals surface area contributed by atoms with E-state index in [1.165, 1.54) is 26.4 Å². The number of ether oxygens (including phenoxy) is 3. The smallest absolute Gasteiger partial charge is 0.315 e. The Kier molecular flexibility index (Phi) is 6.24. The number of esters is 1. The van der Waals surface area contributed by atoms with Crippen LogP contribution in [0.5, 0.6) is 17.2 Å². The van der Waals surface area contributed by atoms with Gasteiger partial charge in [-0.15, -0.1) is 0 Å². The van der Waals surface area contributed by atoms with Crippen molar-refractivity contribution in [1.29, 1.82) is 0 Å². The van der Waals surface area contributed by atoms with Crippen LogP contribution in [-0.2, 0) is 11.2 Å². The van der Waals surface area contributed by atoms with Crippen LogP contribution in [-0.4, -0.2) is 26.0 Å². The van der Waals surface area contributed by atoms with E-state index < -0.39 is 11.8 Å². The summed E-state index contributed by atoms with van der Waals surface area (Å²) in [5.74, 6) is 0.0693. The van der Waals surface area contributed by atoms with Gasteiger partial charge in [-0.2, -0.15) is 0 Å². The van der Waals surface area contributed by atoms with Crippen molar-refractivity contribution in [2.75, 3.05) is 14.2 Å². The molecule has 0 aliphatic heterocycles. The Bertz CT molecular complexity index is 1010. The van der Waals surface area contributed by atoms with Gasteiger partial charge in [0.05, 0.1) is 20.6 Å². The first-order valence-corrected chi connectivity index (χ1v) is 8.82. The molecule has 0 radical (unpaired) electrons. The Balaban J connectivity index is 1.80. The fourth-order valence-electron chi connectivity index (χ4n) is 2.78. The van der Waals surface area contributed by atoms with Crippen molar-refractivity contribution in [2.24, 2.45) is 0 Å². The molecule has 0 N–H and O–H groups in total. The van der Waals surface area contributed by atoms with Crippen LogP contribution in [0.1, 0.15) is 21.5 Å². The quantitative estimate of drug-likeness (QED) is 0.341. The van der Waals surface area contributed by atoms with E-state index >= 15 is 0 Å². The summed E-state index contributed by atoms with van der Waals surface area (Å²) in [5, 5.41) is 0. The van der Waals surface area contributed by atoms with Crippen LogP contribution in [0.25, 0.3) is 0 Å². The Hall–Kier alpha value is -3.67. The highest BCUT2D eigenvalue weighted by atomic mass is 19.1. The van der Waals surface area contributed by atoms with Gasteiger partial charge in [-0.3, -0.25) is 9.59 Å². The van der Waals surface area contributed by atoms with Crippen molar-refractivity contribution in [3.05, 3.63) is 89.2 Å². The number of ketones is 1. The number of carbonyl (C=O) groups is 2. The predicted molar refractivity (Wildman–Crippen MR) is 105 cm³/mol. The maximum atomic E-state index is 13.8. The molecule has 5 nitrogen and oxygen atoms in total. The molecule has 0 amide bonds. The van der Waals surface area contributed by atoms with Gasteiger partial charge in [0.2, 0.25) is 0 Å². The van der Waals surface area contributed by atoms with Gasteiger partial charge in [-0.1, -0.05) is 6.07 Å². The highest BCUT2D eigenvalue weighted by Gasteiger charge is 2.18. The average Bonchev–Trinajstić information content (AvgIpc) is 2.75. The first-order chi connectivity index (χ1) is 14.0. The molecule has 0 aliphatic carbocycles. The van der Waals surface area contributed by atoms with Crippen molar-refractivity contribution >= 4 is 11.8 Å². The number of hydrogen-bond donors (Lipinski definition) is 0. The lowest BCUT2D eigenvalue weighted by molar-refractivity contribution is -0.133. The number of benzene rings is 3. The van der Waals surface area contributed by atoms with Gasteiger partial charge in [-0.05, 0) is 66.2 Å². The van der Waals surface area contributed by atoms with Crippen LogP contribution in [0.2, 0.25) is 0 Å². The molecular weight excluding hydrogens is 375 g/mol. The maximum Gasteiger partial charge on any atom is 0.315 e. The molecule has 0 atom stereocenters. The van der Waals surface area contributed by atoms with Crippen LogP contribution in [0, 0.1) is 5.82 Å². The molecule has 148 valence electrons. The van der Waals surface area contributed by atoms with Crippen molar-refractivity contribution in [2.45, 2.75) is 6.42 Å². The summed E-state index contributed by atoms with van der Waals surface area (Å²) >= 11 is 0. The van der Waals surface area contributed by atoms with Crippen molar-refractivity contribution in [1.82, 2.24) is 0 Å². The minimum absolute atomic E-state index is 0.113. The molecule has 0 fully saturated rings. The Morgan fingerprint density at radius 1 is 0.793 bits per heavy atom. The van der Waals surface area contributed by atoms with Gasteiger partial charge in [0, 0.05) is 11.1 Å². The van der Waals surface area contributed by atoms with Gasteiger partial charge in [-0.25, -0.2) is 4.39 Å². The summed E-state index contributed by atoms with van der Waals surface area (Å²) in [4.78, 5) is 25.2. The topological polar surface area (TPSA) is 61.8 Å². The standard InChI is InChI=1S/C23H19FO5/c1-27-18-7-4-15(5-8-18)23(26)21-14-17(24)6-3-16(21)13-22(25)29-20-11-9-19(28-2)10-12-20/h3-12,14H,13H2,1-2H3.